The van der Waals surface area contributed by atoms with Crippen LogP contribution in [0.25, 0.3) is 0 Å². The van der Waals surface area contributed by atoms with Gasteiger partial charge < -0.3 is 16.0 Å². The average Bonchev–Trinajstić information content (AvgIpc) is 2.72. The van der Waals surface area contributed by atoms with Crippen LogP contribution in [0.5, 0.6) is 0 Å². The summed E-state index contributed by atoms with van der Waals surface area (Å²) >= 11 is 1.19. The fourth-order valence-electron chi connectivity index (χ4n) is 3.20. The van der Waals surface area contributed by atoms with Crippen molar-refractivity contribution < 1.29 is 18.4 Å². The zero-order valence-corrected chi connectivity index (χ0v) is 17.3. The van der Waals surface area contributed by atoms with E-state index < -0.39 is 23.1 Å². The minimum absolute atomic E-state index is 0.0680. The molecule has 1 aromatic carbocycles. The van der Waals surface area contributed by atoms with Crippen molar-refractivity contribution in [1.29, 1.82) is 0 Å². The third kappa shape index (κ3) is 5.73. The molecule has 1 fully saturated rings. The Morgan fingerprint density at radius 2 is 2.00 bits per heavy atom. The quantitative estimate of drug-likeness (QED) is 0.453. The Morgan fingerprint density at radius 3 is 2.70 bits per heavy atom. The lowest BCUT2D eigenvalue weighted by molar-refractivity contribution is -0.134. The number of aryl methyl sites for hydroxylation is 1. The van der Waals surface area contributed by atoms with E-state index in [-0.39, 0.29) is 23.8 Å². The molecule has 0 atom stereocenters. The topological polar surface area (TPSA) is 96.0 Å². The molecule has 2 heterocycles. The van der Waals surface area contributed by atoms with Crippen LogP contribution >= 0.6 is 11.8 Å². The van der Waals surface area contributed by atoms with Crippen LogP contribution in [0.15, 0.2) is 35.6 Å². The molecule has 0 bridgehead atoms. The third-order valence-electron chi connectivity index (χ3n) is 4.83. The van der Waals surface area contributed by atoms with Crippen molar-refractivity contribution in [3.8, 4) is 0 Å². The number of piperidine rings is 1. The van der Waals surface area contributed by atoms with Gasteiger partial charge in [-0.1, -0.05) is 17.8 Å². The van der Waals surface area contributed by atoms with Gasteiger partial charge in [-0.25, -0.2) is 18.7 Å². The molecule has 2 amide bonds. The smallest absolute Gasteiger partial charge is 0.246 e. The Balaban J connectivity index is 1.62. The lowest BCUT2D eigenvalue weighted by Gasteiger charge is -2.37. The second-order valence-electron chi connectivity index (χ2n) is 7.07. The van der Waals surface area contributed by atoms with Crippen molar-refractivity contribution in [3.63, 3.8) is 0 Å². The van der Waals surface area contributed by atoms with Crippen molar-refractivity contribution >= 4 is 23.6 Å². The fourth-order valence-corrected chi connectivity index (χ4v) is 3.88. The summed E-state index contributed by atoms with van der Waals surface area (Å²) in [4.78, 5) is 33.9. The van der Waals surface area contributed by atoms with E-state index in [0.29, 0.717) is 31.1 Å². The van der Waals surface area contributed by atoms with Crippen molar-refractivity contribution in [3.05, 3.63) is 53.4 Å². The van der Waals surface area contributed by atoms with E-state index in [4.69, 9.17) is 0 Å². The average molecular weight is 436 g/mol. The summed E-state index contributed by atoms with van der Waals surface area (Å²) in [5.74, 6) is -2.04. The van der Waals surface area contributed by atoms with Gasteiger partial charge in [-0.05, 0) is 45.0 Å². The van der Waals surface area contributed by atoms with Crippen LogP contribution in [0.3, 0.4) is 0 Å². The Morgan fingerprint density at radius 1 is 1.23 bits per heavy atom. The number of aromatic nitrogens is 2. The molecule has 0 aliphatic carbocycles. The number of nitrogens with zero attached hydrogens (tertiary/aromatic N) is 2. The number of amides is 2. The summed E-state index contributed by atoms with van der Waals surface area (Å²) in [5.41, 5.74) is -0.116. The van der Waals surface area contributed by atoms with E-state index in [0.717, 1.165) is 17.8 Å². The van der Waals surface area contributed by atoms with Crippen molar-refractivity contribution in [2.24, 2.45) is 0 Å². The highest BCUT2D eigenvalue weighted by molar-refractivity contribution is 7.99. The molecule has 1 aliphatic heterocycles. The molecular weight excluding hydrogens is 412 g/mol. The number of hydrogen-bond acceptors (Lipinski definition) is 6. The number of carbonyl (C=O) groups is 2. The lowest BCUT2D eigenvalue weighted by atomic mass is 9.87. The summed E-state index contributed by atoms with van der Waals surface area (Å²) in [7, 11) is 0. The minimum atomic E-state index is -1.09. The second-order valence-corrected chi connectivity index (χ2v) is 8.01. The second kappa shape index (κ2) is 9.94. The molecule has 0 saturated carbocycles. The molecule has 7 nitrogen and oxygen atoms in total. The van der Waals surface area contributed by atoms with Crippen LogP contribution in [-0.2, 0) is 16.1 Å². The first-order chi connectivity index (χ1) is 14.4. The van der Waals surface area contributed by atoms with E-state index >= 15 is 0 Å². The normalized spacial score (nSPS) is 15.4. The molecule has 3 N–H and O–H groups in total. The van der Waals surface area contributed by atoms with Crippen LogP contribution in [0.2, 0.25) is 0 Å². The van der Waals surface area contributed by atoms with Crippen molar-refractivity contribution in [2.75, 3.05) is 18.8 Å². The Kier molecular flexibility index (Phi) is 7.33. The van der Waals surface area contributed by atoms with Crippen molar-refractivity contribution in [2.45, 2.75) is 37.0 Å². The molecule has 160 valence electrons. The van der Waals surface area contributed by atoms with E-state index in [1.54, 1.807) is 12.3 Å². The maximum atomic E-state index is 13.9. The van der Waals surface area contributed by atoms with Crippen LogP contribution in [0, 0.1) is 18.6 Å². The van der Waals surface area contributed by atoms with Gasteiger partial charge in [0, 0.05) is 30.1 Å². The number of rotatable bonds is 7. The first kappa shape index (κ1) is 22.1. The van der Waals surface area contributed by atoms with Crippen LogP contribution in [-0.4, -0.2) is 46.2 Å². The number of nitrogens with one attached hydrogen (secondary N) is 3. The highest BCUT2D eigenvalue weighted by Crippen LogP contribution is 2.21. The molecule has 10 heteroatoms. The molecular formula is C20H23F2N5O2S. The number of thioether (sulfide) groups is 1. The molecule has 2 aromatic rings. The first-order valence-electron chi connectivity index (χ1n) is 9.54. The van der Waals surface area contributed by atoms with Crippen molar-refractivity contribution in [1.82, 2.24) is 25.9 Å². The summed E-state index contributed by atoms with van der Waals surface area (Å²) in [5, 5.41) is 9.19. The number of carbonyl (C=O) groups excluding carboxylic acids is 2. The molecule has 3 rings (SSSR count). The van der Waals surface area contributed by atoms with Gasteiger partial charge in [-0.3, -0.25) is 9.59 Å². The van der Waals surface area contributed by atoms with Gasteiger partial charge in [0.2, 0.25) is 11.8 Å². The summed E-state index contributed by atoms with van der Waals surface area (Å²) < 4.78 is 26.9. The van der Waals surface area contributed by atoms with Gasteiger partial charge in [-0.2, -0.15) is 0 Å². The maximum Gasteiger partial charge on any atom is 0.246 e. The standard InChI is InChI=1S/C20H23F2N5O2S/c1-13-4-7-24-19(26-13)30-12-17(28)27-20(5-8-23-9-6-20)18(29)25-11-14-2-3-15(21)10-16(14)22/h2-4,7,10,23H,5-6,8-9,11-12H2,1H3,(H,25,29)(H,27,28). The summed E-state index contributed by atoms with van der Waals surface area (Å²) in [6.45, 7) is 2.87. The largest absolute Gasteiger partial charge is 0.350 e. The first-order valence-corrected chi connectivity index (χ1v) is 10.5. The maximum absolute atomic E-state index is 13.9. The molecule has 0 radical (unpaired) electrons. The molecule has 0 spiro atoms. The molecule has 30 heavy (non-hydrogen) atoms. The number of halogens is 2. The van der Waals surface area contributed by atoms with E-state index in [1.165, 1.54) is 17.8 Å². The highest BCUT2D eigenvalue weighted by Gasteiger charge is 2.40. The zero-order valence-electron chi connectivity index (χ0n) is 16.5. The molecule has 1 aliphatic rings. The Bertz CT molecular complexity index is 922. The Hall–Kier alpha value is -2.59. The minimum Gasteiger partial charge on any atom is -0.350 e. The lowest BCUT2D eigenvalue weighted by Crippen LogP contribution is -2.63. The predicted molar refractivity (Wildman–Crippen MR) is 109 cm³/mol. The van der Waals surface area contributed by atoms with Gasteiger partial charge in [-0.15, -0.1) is 0 Å². The van der Waals surface area contributed by atoms with Crippen LogP contribution in [0.1, 0.15) is 24.1 Å². The molecule has 1 aromatic heterocycles. The van der Waals surface area contributed by atoms with E-state index in [1.807, 2.05) is 6.92 Å². The monoisotopic (exact) mass is 435 g/mol. The molecule has 0 unspecified atom stereocenters. The van der Waals surface area contributed by atoms with Gasteiger partial charge in [0.1, 0.15) is 17.2 Å². The third-order valence-corrected chi connectivity index (χ3v) is 5.69. The fraction of sp³-hybridized carbons (Fsp3) is 0.400. The van der Waals surface area contributed by atoms with Crippen LogP contribution < -0.4 is 16.0 Å². The van der Waals surface area contributed by atoms with Gasteiger partial charge >= 0.3 is 0 Å². The van der Waals surface area contributed by atoms with Crippen LogP contribution in [0.4, 0.5) is 8.78 Å². The molecule has 1 saturated heterocycles. The SMILES string of the molecule is Cc1ccnc(SCC(=O)NC2(C(=O)NCc3ccc(F)cc3F)CCNCC2)n1. The summed E-state index contributed by atoms with van der Waals surface area (Å²) in [6, 6.07) is 4.96. The highest BCUT2D eigenvalue weighted by atomic mass is 32.2. The van der Waals surface area contributed by atoms with E-state index in [2.05, 4.69) is 25.9 Å². The van der Waals surface area contributed by atoms with Gasteiger partial charge in [0.25, 0.3) is 0 Å². The number of benzene rings is 1. The Labute approximate surface area is 177 Å². The predicted octanol–water partition coefficient (Wildman–Crippen LogP) is 1.71. The van der Waals surface area contributed by atoms with Gasteiger partial charge in [0.15, 0.2) is 5.16 Å². The zero-order chi connectivity index (χ0) is 21.6. The van der Waals surface area contributed by atoms with E-state index in [9.17, 15) is 18.4 Å². The van der Waals surface area contributed by atoms with Gasteiger partial charge in [0.05, 0.1) is 5.75 Å². The summed E-state index contributed by atoms with van der Waals surface area (Å²) in [6.07, 6.45) is 2.43. The number of hydrogen-bond donors (Lipinski definition) is 3.